The van der Waals surface area contributed by atoms with Crippen molar-refractivity contribution in [3.05, 3.63) is 12.2 Å². The van der Waals surface area contributed by atoms with Crippen LogP contribution in [0.5, 0.6) is 0 Å². The molecule has 5 N–H and O–H groups in total. The summed E-state index contributed by atoms with van der Waals surface area (Å²) >= 11 is 0. The van der Waals surface area contributed by atoms with E-state index in [9.17, 15) is 10.2 Å². The zero-order valence-corrected chi connectivity index (χ0v) is 14.7. The van der Waals surface area contributed by atoms with Gasteiger partial charge in [0.15, 0.2) is 11.6 Å². The van der Waals surface area contributed by atoms with Gasteiger partial charge in [0.2, 0.25) is 5.95 Å². The molecule has 1 saturated heterocycles. The summed E-state index contributed by atoms with van der Waals surface area (Å²) in [6.07, 6.45) is 5.07. The molecule has 2 atom stereocenters. The highest BCUT2D eigenvalue weighted by Gasteiger charge is 2.41. The van der Waals surface area contributed by atoms with Gasteiger partial charge in [0.25, 0.3) is 0 Å². The normalized spacial score (nSPS) is 25.9. The Morgan fingerprint density at radius 1 is 1.28 bits per heavy atom. The van der Waals surface area contributed by atoms with Crippen LogP contribution in [0.1, 0.15) is 20.3 Å². The molecule has 4 rings (SSSR count). The Morgan fingerprint density at radius 3 is 2.64 bits per heavy atom. The molecule has 0 radical (unpaired) electrons. The number of rotatable bonds is 4. The van der Waals surface area contributed by atoms with Crippen molar-refractivity contribution in [2.24, 2.45) is 11.8 Å². The highest BCUT2D eigenvalue weighted by molar-refractivity contribution is 5.84. The first-order valence-corrected chi connectivity index (χ1v) is 8.81. The van der Waals surface area contributed by atoms with E-state index in [4.69, 9.17) is 5.73 Å². The minimum atomic E-state index is -0.689. The zero-order chi connectivity index (χ0) is 17.8. The Morgan fingerprint density at radius 2 is 2.00 bits per heavy atom. The predicted octanol–water partition coefficient (Wildman–Crippen LogP) is 0.392. The molecular formula is C17H26N6O2. The molecule has 3 aliphatic rings. The number of nitrogen functional groups attached to an aromatic ring is 1. The second kappa shape index (κ2) is 5.74. The molecule has 0 saturated carbocycles. The minimum absolute atomic E-state index is 0.171. The van der Waals surface area contributed by atoms with Gasteiger partial charge in [0, 0.05) is 31.5 Å². The van der Waals surface area contributed by atoms with Crippen LogP contribution in [-0.2, 0) is 0 Å². The van der Waals surface area contributed by atoms with Crippen molar-refractivity contribution in [3.8, 4) is 0 Å². The molecule has 8 heteroatoms. The van der Waals surface area contributed by atoms with Gasteiger partial charge in [-0.3, -0.25) is 0 Å². The minimum Gasteiger partial charge on any atom is -0.396 e. The lowest BCUT2D eigenvalue weighted by atomic mass is 9.84. The Labute approximate surface area is 147 Å². The lowest BCUT2D eigenvalue weighted by Crippen LogP contribution is -2.56. The molecule has 0 unspecified atom stereocenters. The molecule has 0 amide bonds. The fraction of sp³-hybridized carbons (Fsp3) is 0.647. The highest BCUT2D eigenvalue weighted by atomic mass is 16.3. The summed E-state index contributed by atoms with van der Waals surface area (Å²) in [5.41, 5.74) is 6.19. The van der Waals surface area contributed by atoms with E-state index in [1.54, 1.807) is 0 Å². The SMILES string of the molecule is CC(C)(O)C1CN(c2nc(N)nc3c2NCN3[C@H]2C=C[C@@H](CO)C2)C1. The lowest BCUT2D eigenvalue weighted by Gasteiger charge is -2.46. The van der Waals surface area contributed by atoms with Crippen molar-refractivity contribution in [1.29, 1.82) is 0 Å². The summed E-state index contributed by atoms with van der Waals surface area (Å²) in [5, 5.41) is 22.9. The first-order valence-electron chi connectivity index (χ1n) is 8.81. The first kappa shape index (κ1) is 16.4. The number of hydrogen-bond acceptors (Lipinski definition) is 8. The smallest absolute Gasteiger partial charge is 0.224 e. The van der Waals surface area contributed by atoms with Crippen molar-refractivity contribution in [2.75, 3.05) is 47.2 Å². The van der Waals surface area contributed by atoms with Crippen molar-refractivity contribution < 1.29 is 10.2 Å². The average molecular weight is 346 g/mol. The number of fused-ring (bicyclic) bond motifs is 1. The Balaban J connectivity index is 1.57. The van der Waals surface area contributed by atoms with E-state index in [-0.39, 0.29) is 30.4 Å². The number of anilines is 4. The molecule has 0 spiro atoms. The maximum absolute atomic E-state index is 10.1. The van der Waals surface area contributed by atoms with Gasteiger partial charge in [-0.2, -0.15) is 9.97 Å². The maximum Gasteiger partial charge on any atom is 0.224 e. The molecule has 1 aliphatic carbocycles. The Bertz CT molecular complexity index is 695. The molecule has 136 valence electrons. The number of aromatic nitrogens is 2. The monoisotopic (exact) mass is 346 g/mol. The van der Waals surface area contributed by atoms with Crippen LogP contribution in [0.2, 0.25) is 0 Å². The van der Waals surface area contributed by atoms with Gasteiger partial charge in [-0.1, -0.05) is 12.2 Å². The molecule has 1 aromatic rings. The van der Waals surface area contributed by atoms with Gasteiger partial charge in [-0.25, -0.2) is 0 Å². The number of nitrogens with one attached hydrogen (secondary N) is 1. The fourth-order valence-corrected chi connectivity index (χ4v) is 3.78. The summed E-state index contributed by atoms with van der Waals surface area (Å²) in [5.74, 6) is 2.32. The molecule has 0 aromatic carbocycles. The third-order valence-corrected chi connectivity index (χ3v) is 5.55. The number of aliphatic hydroxyl groups excluding tert-OH is 1. The first-order chi connectivity index (χ1) is 11.9. The lowest BCUT2D eigenvalue weighted by molar-refractivity contribution is 0.00443. The van der Waals surface area contributed by atoms with Crippen LogP contribution in [0.15, 0.2) is 12.2 Å². The molecule has 0 bridgehead atoms. The fourth-order valence-electron chi connectivity index (χ4n) is 3.78. The molecule has 1 aromatic heterocycles. The number of nitrogens with two attached hydrogens (primary N) is 1. The summed E-state index contributed by atoms with van der Waals surface area (Å²) in [4.78, 5) is 13.2. The van der Waals surface area contributed by atoms with Crippen molar-refractivity contribution >= 4 is 23.3 Å². The standard InChI is InChI=1S/C17H26N6O2/c1-17(2,25)11-6-22(7-11)14-13-15(21-16(18)20-14)23(9-19-13)12-4-3-10(5-12)8-24/h3-4,10-12,19,24-25H,5-9H2,1-2H3,(H2,18,20,21)/t10-,12+/m1/s1. The predicted molar refractivity (Wildman–Crippen MR) is 97.5 cm³/mol. The van der Waals surface area contributed by atoms with Crippen molar-refractivity contribution in [3.63, 3.8) is 0 Å². The van der Waals surface area contributed by atoms with E-state index in [1.807, 2.05) is 13.8 Å². The Kier molecular flexibility index (Phi) is 3.77. The van der Waals surface area contributed by atoms with Crippen LogP contribution in [-0.4, -0.2) is 58.2 Å². The molecule has 1 fully saturated rings. The number of hydrogen-bond donors (Lipinski definition) is 4. The van der Waals surface area contributed by atoms with E-state index in [1.165, 1.54) is 0 Å². The zero-order valence-electron chi connectivity index (χ0n) is 14.7. The number of aliphatic hydroxyl groups is 2. The third kappa shape index (κ3) is 2.79. The van der Waals surface area contributed by atoms with Gasteiger partial charge >= 0.3 is 0 Å². The average Bonchev–Trinajstić information content (AvgIpc) is 3.09. The van der Waals surface area contributed by atoms with Gasteiger partial charge in [-0.05, 0) is 20.3 Å². The summed E-state index contributed by atoms with van der Waals surface area (Å²) < 4.78 is 0. The summed E-state index contributed by atoms with van der Waals surface area (Å²) in [6, 6.07) is 0.202. The van der Waals surface area contributed by atoms with Crippen LogP contribution >= 0.6 is 0 Å². The van der Waals surface area contributed by atoms with E-state index in [0.29, 0.717) is 6.67 Å². The van der Waals surface area contributed by atoms with Gasteiger partial charge in [0.05, 0.1) is 18.3 Å². The van der Waals surface area contributed by atoms with Crippen LogP contribution < -0.4 is 20.9 Å². The summed E-state index contributed by atoms with van der Waals surface area (Å²) in [6.45, 7) is 6.02. The van der Waals surface area contributed by atoms with Gasteiger partial charge < -0.3 is 31.1 Å². The van der Waals surface area contributed by atoms with E-state index in [0.717, 1.165) is 36.8 Å². The van der Waals surface area contributed by atoms with Crippen LogP contribution in [0.4, 0.5) is 23.3 Å². The van der Waals surface area contributed by atoms with Gasteiger partial charge in [0.1, 0.15) is 5.69 Å². The Hall–Kier alpha value is -2.06. The van der Waals surface area contributed by atoms with Crippen LogP contribution in [0.3, 0.4) is 0 Å². The highest BCUT2D eigenvalue weighted by Crippen LogP contribution is 2.43. The second-order valence-corrected chi connectivity index (χ2v) is 7.79. The molecule has 2 aliphatic heterocycles. The maximum atomic E-state index is 10.1. The van der Waals surface area contributed by atoms with E-state index in [2.05, 4.69) is 37.2 Å². The van der Waals surface area contributed by atoms with E-state index < -0.39 is 5.60 Å². The topological polar surface area (TPSA) is 111 Å². The van der Waals surface area contributed by atoms with Crippen molar-refractivity contribution in [2.45, 2.75) is 31.9 Å². The van der Waals surface area contributed by atoms with Crippen LogP contribution in [0.25, 0.3) is 0 Å². The van der Waals surface area contributed by atoms with Gasteiger partial charge in [-0.15, -0.1) is 0 Å². The van der Waals surface area contributed by atoms with E-state index >= 15 is 0 Å². The molecular weight excluding hydrogens is 320 g/mol. The second-order valence-electron chi connectivity index (χ2n) is 7.79. The third-order valence-electron chi connectivity index (χ3n) is 5.55. The summed E-state index contributed by atoms with van der Waals surface area (Å²) in [7, 11) is 0. The molecule has 25 heavy (non-hydrogen) atoms. The molecule has 8 nitrogen and oxygen atoms in total. The largest absolute Gasteiger partial charge is 0.396 e. The number of nitrogens with zero attached hydrogens (tertiary/aromatic N) is 4. The quantitative estimate of drug-likeness (QED) is 0.580. The molecule has 3 heterocycles. The van der Waals surface area contributed by atoms with Crippen molar-refractivity contribution in [1.82, 2.24) is 9.97 Å². The van der Waals surface area contributed by atoms with Crippen LogP contribution in [0, 0.1) is 11.8 Å².